The summed E-state index contributed by atoms with van der Waals surface area (Å²) in [5, 5.41) is 11.5. The van der Waals surface area contributed by atoms with E-state index in [0.29, 0.717) is 5.69 Å². The summed E-state index contributed by atoms with van der Waals surface area (Å²) in [5.74, 6) is 0. The molecule has 0 fully saturated rings. The maximum absolute atomic E-state index is 11.9. The molecule has 0 spiro atoms. The minimum absolute atomic E-state index is 0.0937. The molecule has 0 aliphatic heterocycles. The maximum Gasteiger partial charge on any atom is 0.242 e. The van der Waals surface area contributed by atoms with E-state index in [1.165, 1.54) is 29.7 Å². The number of benzene rings is 1. The van der Waals surface area contributed by atoms with Gasteiger partial charge in [-0.05, 0) is 12.1 Å². The van der Waals surface area contributed by atoms with Gasteiger partial charge in [-0.3, -0.25) is 0 Å². The summed E-state index contributed by atoms with van der Waals surface area (Å²) in [5.41, 5.74) is 1.45. The molecule has 5 nitrogen and oxygen atoms in total. The molecule has 0 aliphatic carbocycles. The number of aliphatic hydroxyl groups is 1. The second-order valence-corrected chi connectivity index (χ2v) is 7.12. The van der Waals surface area contributed by atoms with E-state index in [1.54, 1.807) is 29.6 Å². The van der Waals surface area contributed by atoms with Crippen LogP contribution in [0.5, 0.6) is 0 Å². The molecule has 0 bridgehead atoms. The molecule has 1 heterocycles. The first-order valence-corrected chi connectivity index (χ1v) is 7.85. The van der Waals surface area contributed by atoms with Crippen molar-refractivity contribution in [1.29, 1.82) is 0 Å². The second kappa shape index (κ2) is 5.38. The third kappa shape index (κ3) is 2.84. The van der Waals surface area contributed by atoms with Crippen molar-refractivity contribution < 1.29 is 13.5 Å². The molecule has 0 atom stereocenters. The van der Waals surface area contributed by atoms with E-state index >= 15 is 0 Å². The predicted molar refractivity (Wildman–Crippen MR) is 74.3 cm³/mol. The monoisotopic (exact) mass is 298 g/mol. The van der Waals surface area contributed by atoms with Gasteiger partial charge in [-0.15, -0.1) is 11.3 Å². The number of nitrogens with zero attached hydrogens (tertiary/aromatic N) is 2. The molecule has 0 aliphatic rings. The zero-order valence-corrected chi connectivity index (χ0v) is 12.2. The Kier molecular flexibility index (Phi) is 4.00. The molecule has 102 valence electrons. The number of sulfonamides is 1. The first-order valence-electron chi connectivity index (χ1n) is 5.53. The van der Waals surface area contributed by atoms with Crippen LogP contribution in [0.25, 0.3) is 10.6 Å². The molecule has 1 aromatic carbocycles. The van der Waals surface area contributed by atoms with Crippen LogP contribution >= 0.6 is 11.3 Å². The number of aromatic nitrogens is 1. The molecule has 2 aromatic rings. The highest BCUT2D eigenvalue weighted by molar-refractivity contribution is 7.89. The van der Waals surface area contributed by atoms with Crippen LogP contribution in [0.15, 0.2) is 34.5 Å². The Labute approximate surface area is 116 Å². The van der Waals surface area contributed by atoms with Crippen molar-refractivity contribution in [1.82, 2.24) is 9.29 Å². The van der Waals surface area contributed by atoms with Gasteiger partial charge in [0, 0.05) is 25.0 Å². The minimum atomic E-state index is -3.40. The van der Waals surface area contributed by atoms with Crippen molar-refractivity contribution in [3.63, 3.8) is 0 Å². The molecule has 0 saturated carbocycles. The van der Waals surface area contributed by atoms with Crippen LogP contribution in [-0.4, -0.2) is 36.9 Å². The van der Waals surface area contributed by atoms with Crippen molar-refractivity contribution in [3.05, 3.63) is 35.3 Å². The van der Waals surface area contributed by atoms with Gasteiger partial charge in [-0.2, -0.15) is 0 Å². The van der Waals surface area contributed by atoms with Crippen LogP contribution in [0.2, 0.25) is 0 Å². The van der Waals surface area contributed by atoms with Crippen LogP contribution in [0.1, 0.15) is 5.69 Å². The van der Waals surface area contributed by atoms with E-state index in [4.69, 9.17) is 5.11 Å². The quantitative estimate of drug-likeness (QED) is 0.930. The standard InChI is InChI=1S/C12H14N2O3S2/c1-14(2)19(16,17)11-5-3-9(4-6-11)12-13-10(7-15)8-18-12/h3-6,8,15H,7H2,1-2H3. The van der Waals surface area contributed by atoms with Gasteiger partial charge >= 0.3 is 0 Å². The van der Waals surface area contributed by atoms with Gasteiger partial charge in [0.2, 0.25) is 10.0 Å². The third-order valence-corrected chi connectivity index (χ3v) is 5.36. The summed E-state index contributed by atoms with van der Waals surface area (Å²) in [4.78, 5) is 4.48. The lowest BCUT2D eigenvalue weighted by atomic mass is 10.2. The SMILES string of the molecule is CN(C)S(=O)(=O)c1ccc(-c2nc(CO)cs2)cc1. The second-order valence-electron chi connectivity index (χ2n) is 4.11. The van der Waals surface area contributed by atoms with Crippen molar-refractivity contribution >= 4 is 21.4 Å². The number of aliphatic hydroxyl groups excluding tert-OH is 1. The van der Waals surface area contributed by atoms with Crippen molar-refractivity contribution in [3.8, 4) is 10.6 Å². The van der Waals surface area contributed by atoms with Crippen molar-refractivity contribution in [2.75, 3.05) is 14.1 Å². The number of rotatable bonds is 4. The Bertz CT molecular complexity index is 661. The normalized spacial score (nSPS) is 12.0. The highest BCUT2D eigenvalue weighted by Crippen LogP contribution is 2.25. The maximum atomic E-state index is 11.9. The molecule has 19 heavy (non-hydrogen) atoms. The first kappa shape index (κ1) is 14.1. The topological polar surface area (TPSA) is 70.5 Å². The van der Waals surface area contributed by atoms with Gasteiger partial charge < -0.3 is 5.11 Å². The van der Waals surface area contributed by atoms with E-state index in [0.717, 1.165) is 10.6 Å². The fourth-order valence-electron chi connectivity index (χ4n) is 1.49. The van der Waals surface area contributed by atoms with Gasteiger partial charge in [0.05, 0.1) is 17.2 Å². The Hall–Kier alpha value is -1.28. The molecular weight excluding hydrogens is 284 g/mol. The molecule has 0 saturated heterocycles. The lowest BCUT2D eigenvalue weighted by molar-refractivity contribution is 0.278. The van der Waals surface area contributed by atoms with Gasteiger partial charge in [0.15, 0.2) is 0 Å². The average molecular weight is 298 g/mol. The molecule has 1 N–H and O–H groups in total. The van der Waals surface area contributed by atoms with E-state index < -0.39 is 10.0 Å². The number of hydrogen-bond acceptors (Lipinski definition) is 5. The van der Waals surface area contributed by atoms with Gasteiger partial charge in [0.25, 0.3) is 0 Å². The molecular formula is C12H14N2O3S2. The van der Waals surface area contributed by atoms with Crippen LogP contribution in [0, 0.1) is 0 Å². The minimum Gasteiger partial charge on any atom is -0.390 e. The van der Waals surface area contributed by atoms with E-state index in [-0.39, 0.29) is 11.5 Å². The molecule has 1 aromatic heterocycles. The summed E-state index contributed by atoms with van der Waals surface area (Å²) >= 11 is 1.42. The Morgan fingerprint density at radius 1 is 1.26 bits per heavy atom. The first-order chi connectivity index (χ1) is 8.95. The van der Waals surface area contributed by atoms with E-state index in [9.17, 15) is 8.42 Å². The third-order valence-electron chi connectivity index (χ3n) is 2.59. The van der Waals surface area contributed by atoms with Gasteiger partial charge in [-0.1, -0.05) is 12.1 Å². The molecule has 0 amide bonds. The fraction of sp³-hybridized carbons (Fsp3) is 0.250. The summed E-state index contributed by atoms with van der Waals surface area (Å²) in [6.07, 6.45) is 0. The molecule has 0 radical (unpaired) electrons. The largest absolute Gasteiger partial charge is 0.390 e. The average Bonchev–Trinajstić information content (AvgIpc) is 2.87. The highest BCUT2D eigenvalue weighted by Gasteiger charge is 2.17. The van der Waals surface area contributed by atoms with E-state index in [2.05, 4.69) is 4.98 Å². The number of thiazole rings is 1. The Balaban J connectivity index is 2.33. The van der Waals surface area contributed by atoms with Gasteiger partial charge in [0.1, 0.15) is 5.01 Å². The van der Waals surface area contributed by atoms with Crippen LogP contribution in [0.4, 0.5) is 0 Å². The Morgan fingerprint density at radius 2 is 1.89 bits per heavy atom. The van der Waals surface area contributed by atoms with E-state index in [1.807, 2.05) is 0 Å². The fourth-order valence-corrected chi connectivity index (χ4v) is 3.21. The van der Waals surface area contributed by atoms with Gasteiger partial charge in [-0.25, -0.2) is 17.7 Å². The molecule has 0 unspecified atom stereocenters. The lowest BCUT2D eigenvalue weighted by Gasteiger charge is -2.11. The number of hydrogen-bond donors (Lipinski definition) is 1. The van der Waals surface area contributed by atoms with Crippen LogP contribution in [0.3, 0.4) is 0 Å². The molecule has 7 heteroatoms. The predicted octanol–water partition coefficient (Wildman–Crippen LogP) is 1.55. The molecule has 2 rings (SSSR count). The summed E-state index contributed by atoms with van der Waals surface area (Å²) in [6.45, 7) is -0.0937. The Morgan fingerprint density at radius 3 is 2.37 bits per heavy atom. The zero-order valence-electron chi connectivity index (χ0n) is 10.6. The summed E-state index contributed by atoms with van der Waals surface area (Å²) in [6, 6.07) is 6.56. The smallest absolute Gasteiger partial charge is 0.242 e. The van der Waals surface area contributed by atoms with Crippen molar-refractivity contribution in [2.24, 2.45) is 0 Å². The summed E-state index contributed by atoms with van der Waals surface area (Å²) in [7, 11) is -0.404. The van der Waals surface area contributed by atoms with Crippen LogP contribution < -0.4 is 0 Å². The zero-order chi connectivity index (χ0) is 14.0. The lowest BCUT2D eigenvalue weighted by Crippen LogP contribution is -2.22. The highest BCUT2D eigenvalue weighted by atomic mass is 32.2. The van der Waals surface area contributed by atoms with Crippen molar-refractivity contribution in [2.45, 2.75) is 11.5 Å². The summed E-state index contributed by atoms with van der Waals surface area (Å²) < 4.78 is 25.0. The van der Waals surface area contributed by atoms with Crippen LogP contribution in [-0.2, 0) is 16.6 Å².